The summed E-state index contributed by atoms with van der Waals surface area (Å²) in [5.41, 5.74) is 3.85. The van der Waals surface area contributed by atoms with E-state index < -0.39 is 0 Å². The van der Waals surface area contributed by atoms with E-state index in [1.165, 1.54) is 49.2 Å². The first kappa shape index (κ1) is 15.3. The van der Waals surface area contributed by atoms with E-state index in [1.807, 2.05) is 12.4 Å². The van der Waals surface area contributed by atoms with Crippen molar-refractivity contribution in [3.8, 4) is 0 Å². The molecule has 120 valence electrons. The van der Waals surface area contributed by atoms with E-state index in [1.54, 1.807) is 0 Å². The molecule has 0 radical (unpaired) electrons. The van der Waals surface area contributed by atoms with E-state index in [4.69, 9.17) is 0 Å². The second-order valence-electron chi connectivity index (χ2n) is 6.50. The van der Waals surface area contributed by atoms with Crippen molar-refractivity contribution >= 4 is 0 Å². The molecule has 3 rings (SSSR count). The van der Waals surface area contributed by atoms with E-state index in [-0.39, 0.29) is 0 Å². The highest BCUT2D eigenvalue weighted by atomic mass is 15.2. The maximum Gasteiger partial charge on any atom is 0.106 e. The van der Waals surface area contributed by atoms with Gasteiger partial charge in [-0.05, 0) is 38.3 Å². The number of hydrogen-bond donors (Lipinski definition) is 2. The molecule has 0 amide bonds. The third-order valence-electron chi connectivity index (χ3n) is 4.62. The smallest absolute Gasteiger partial charge is 0.106 e. The van der Waals surface area contributed by atoms with Gasteiger partial charge in [-0.15, -0.1) is 0 Å². The van der Waals surface area contributed by atoms with Gasteiger partial charge in [0.2, 0.25) is 0 Å². The van der Waals surface area contributed by atoms with Gasteiger partial charge in [0.1, 0.15) is 5.82 Å². The Morgan fingerprint density at radius 3 is 3.05 bits per heavy atom. The van der Waals surface area contributed by atoms with Crippen LogP contribution in [0, 0.1) is 6.92 Å². The van der Waals surface area contributed by atoms with Crippen LogP contribution >= 0.6 is 0 Å². The summed E-state index contributed by atoms with van der Waals surface area (Å²) in [7, 11) is 0. The molecule has 2 aromatic rings. The molecule has 22 heavy (non-hydrogen) atoms. The van der Waals surface area contributed by atoms with Gasteiger partial charge < -0.3 is 4.98 Å². The molecule has 5 nitrogen and oxygen atoms in total. The lowest BCUT2D eigenvalue weighted by Gasteiger charge is -2.32. The Hall–Kier alpha value is -1.62. The number of hydrogen-bond acceptors (Lipinski definition) is 3. The predicted molar refractivity (Wildman–Crippen MR) is 87.8 cm³/mol. The van der Waals surface area contributed by atoms with Crippen LogP contribution in [-0.2, 0) is 13.0 Å². The van der Waals surface area contributed by atoms with E-state index >= 15 is 0 Å². The molecule has 0 unspecified atom stereocenters. The quantitative estimate of drug-likeness (QED) is 0.861. The van der Waals surface area contributed by atoms with E-state index in [9.17, 15) is 0 Å². The average molecular weight is 301 g/mol. The van der Waals surface area contributed by atoms with Crippen molar-refractivity contribution in [1.82, 2.24) is 25.1 Å². The van der Waals surface area contributed by atoms with Gasteiger partial charge in [-0.3, -0.25) is 10.00 Å². The first-order valence-electron chi connectivity index (χ1n) is 8.51. The Morgan fingerprint density at radius 2 is 2.27 bits per heavy atom. The molecule has 1 saturated heterocycles. The summed E-state index contributed by atoms with van der Waals surface area (Å²) >= 11 is 0. The van der Waals surface area contributed by atoms with Crippen molar-refractivity contribution < 1.29 is 0 Å². The number of piperidine rings is 1. The molecule has 2 N–H and O–H groups in total. The first-order valence-corrected chi connectivity index (χ1v) is 8.51. The Balaban J connectivity index is 1.58. The normalized spacial score (nSPS) is 19.6. The number of aromatic amines is 2. The van der Waals surface area contributed by atoms with E-state index in [0.717, 1.165) is 25.3 Å². The summed E-state index contributed by atoms with van der Waals surface area (Å²) in [5, 5.41) is 7.37. The Morgan fingerprint density at radius 1 is 1.36 bits per heavy atom. The fourth-order valence-electron chi connectivity index (χ4n) is 3.40. The molecule has 1 atom stereocenters. The summed E-state index contributed by atoms with van der Waals surface area (Å²) in [6.07, 6.45) is 9.93. The van der Waals surface area contributed by atoms with Gasteiger partial charge in [-0.25, -0.2) is 4.98 Å². The minimum absolute atomic E-state index is 0.582. The van der Waals surface area contributed by atoms with E-state index in [2.05, 4.69) is 38.9 Å². The molecule has 5 heteroatoms. The lowest BCUT2D eigenvalue weighted by atomic mass is 9.93. The molecule has 2 aromatic heterocycles. The molecule has 1 fully saturated rings. The lowest BCUT2D eigenvalue weighted by molar-refractivity contribution is 0.196. The predicted octanol–water partition coefficient (Wildman–Crippen LogP) is 3.16. The number of unbranched alkanes of at least 4 members (excludes halogenated alkanes) is 1. The molecule has 0 aliphatic carbocycles. The van der Waals surface area contributed by atoms with Crippen LogP contribution < -0.4 is 0 Å². The van der Waals surface area contributed by atoms with E-state index in [0.29, 0.717) is 5.92 Å². The van der Waals surface area contributed by atoms with Gasteiger partial charge in [0, 0.05) is 43.0 Å². The molecule has 0 bridgehead atoms. The van der Waals surface area contributed by atoms with Gasteiger partial charge in [0.15, 0.2) is 0 Å². The van der Waals surface area contributed by atoms with Crippen LogP contribution in [0.15, 0.2) is 12.4 Å². The molecular formula is C17H27N5. The number of nitrogens with zero attached hydrogens (tertiary/aromatic N) is 3. The van der Waals surface area contributed by atoms with Gasteiger partial charge >= 0.3 is 0 Å². The molecule has 1 aliphatic rings. The van der Waals surface area contributed by atoms with Crippen molar-refractivity contribution in [2.75, 3.05) is 13.1 Å². The summed E-state index contributed by atoms with van der Waals surface area (Å²) in [5.74, 6) is 1.72. The SMILES string of the molecule is CCCCc1ncc(CN2CCC[C@@H](c3[nH]ncc3C)C2)[nH]1. The minimum atomic E-state index is 0.582. The van der Waals surface area contributed by atoms with Crippen LogP contribution in [0.3, 0.4) is 0 Å². The second kappa shape index (κ2) is 7.09. The zero-order valence-electron chi connectivity index (χ0n) is 13.7. The monoisotopic (exact) mass is 301 g/mol. The van der Waals surface area contributed by atoms with Crippen LogP contribution in [0.2, 0.25) is 0 Å². The lowest BCUT2D eigenvalue weighted by Crippen LogP contribution is -2.34. The minimum Gasteiger partial charge on any atom is -0.345 e. The third kappa shape index (κ3) is 3.58. The second-order valence-corrected chi connectivity index (χ2v) is 6.50. The first-order chi connectivity index (χ1) is 10.8. The van der Waals surface area contributed by atoms with Gasteiger partial charge in [-0.1, -0.05) is 13.3 Å². The molecule has 0 saturated carbocycles. The average Bonchev–Trinajstić information content (AvgIpc) is 3.14. The van der Waals surface area contributed by atoms with Gasteiger partial charge in [-0.2, -0.15) is 5.10 Å². The number of aromatic nitrogens is 4. The molecule has 1 aliphatic heterocycles. The topological polar surface area (TPSA) is 60.6 Å². The van der Waals surface area contributed by atoms with Crippen LogP contribution in [0.1, 0.15) is 61.3 Å². The van der Waals surface area contributed by atoms with Crippen LogP contribution in [0.5, 0.6) is 0 Å². The highest BCUT2D eigenvalue weighted by Gasteiger charge is 2.24. The summed E-state index contributed by atoms with van der Waals surface area (Å²) < 4.78 is 0. The molecule has 0 spiro atoms. The molecular weight excluding hydrogens is 274 g/mol. The van der Waals surface area contributed by atoms with Crippen molar-refractivity contribution in [2.45, 2.75) is 58.4 Å². The summed E-state index contributed by atoms with van der Waals surface area (Å²) in [4.78, 5) is 10.5. The van der Waals surface area contributed by atoms with Gasteiger partial charge in [0.25, 0.3) is 0 Å². The largest absolute Gasteiger partial charge is 0.345 e. The molecule has 3 heterocycles. The fraction of sp³-hybridized carbons (Fsp3) is 0.647. The molecule has 0 aromatic carbocycles. The standard InChI is InChI=1S/C17H27N5/c1-3-4-7-16-18-10-15(20-16)12-22-8-5-6-14(11-22)17-13(2)9-19-21-17/h9-10,14H,3-8,11-12H2,1-2H3,(H,18,20)(H,19,21)/t14-/m1/s1. The van der Waals surface area contributed by atoms with Crippen molar-refractivity contribution in [2.24, 2.45) is 0 Å². The zero-order chi connectivity index (χ0) is 15.4. The zero-order valence-corrected chi connectivity index (χ0v) is 13.7. The number of imidazole rings is 1. The van der Waals surface area contributed by atoms with Crippen molar-refractivity contribution in [3.63, 3.8) is 0 Å². The maximum atomic E-state index is 4.50. The van der Waals surface area contributed by atoms with Crippen molar-refractivity contribution in [1.29, 1.82) is 0 Å². The Labute approximate surface area is 132 Å². The van der Waals surface area contributed by atoms with Crippen LogP contribution in [-0.4, -0.2) is 38.2 Å². The fourth-order valence-corrected chi connectivity index (χ4v) is 3.40. The third-order valence-corrected chi connectivity index (χ3v) is 4.62. The van der Waals surface area contributed by atoms with Crippen molar-refractivity contribution in [3.05, 3.63) is 35.2 Å². The van der Waals surface area contributed by atoms with Gasteiger partial charge in [0.05, 0.1) is 6.20 Å². The maximum absolute atomic E-state index is 4.50. The number of rotatable bonds is 6. The summed E-state index contributed by atoms with van der Waals surface area (Å²) in [6.45, 7) is 7.62. The highest BCUT2D eigenvalue weighted by Crippen LogP contribution is 2.28. The number of H-pyrrole nitrogens is 2. The number of aryl methyl sites for hydroxylation is 2. The highest BCUT2D eigenvalue weighted by molar-refractivity contribution is 5.19. The number of likely N-dealkylation sites (tertiary alicyclic amines) is 1. The van der Waals surface area contributed by atoms with Crippen LogP contribution in [0.25, 0.3) is 0 Å². The Kier molecular flexibility index (Phi) is 4.93. The van der Waals surface area contributed by atoms with Crippen LogP contribution in [0.4, 0.5) is 0 Å². The Bertz CT molecular complexity index is 585. The summed E-state index contributed by atoms with van der Waals surface area (Å²) in [6, 6.07) is 0. The number of nitrogens with one attached hydrogen (secondary N) is 2.